The molecule has 0 saturated heterocycles. The lowest BCUT2D eigenvalue weighted by atomic mass is 10.4. The van der Waals surface area contributed by atoms with E-state index in [2.05, 4.69) is 20.4 Å². The summed E-state index contributed by atoms with van der Waals surface area (Å²) in [4.78, 5) is 7.98. The van der Waals surface area contributed by atoms with Crippen LogP contribution >= 0.6 is 0 Å². The van der Waals surface area contributed by atoms with E-state index < -0.39 is 0 Å². The quantitative estimate of drug-likeness (QED) is 0.799. The highest BCUT2D eigenvalue weighted by atomic mass is 16.5. The molecule has 2 aromatic rings. The van der Waals surface area contributed by atoms with Gasteiger partial charge < -0.3 is 20.3 Å². The molecule has 0 radical (unpaired) electrons. The number of ether oxygens (including phenoxy) is 1. The fourth-order valence-corrected chi connectivity index (χ4v) is 1.28. The molecule has 0 aliphatic carbocycles. The van der Waals surface area contributed by atoms with Crippen molar-refractivity contribution in [1.29, 1.82) is 0 Å². The number of nitrogens with zero attached hydrogens (tertiary/aromatic N) is 3. The summed E-state index contributed by atoms with van der Waals surface area (Å²) >= 11 is 0. The Hall–Kier alpha value is -2.31. The summed E-state index contributed by atoms with van der Waals surface area (Å²) in [6.45, 7) is 2.84. The monoisotopic (exact) mass is 235 g/mol. The van der Waals surface area contributed by atoms with Crippen LogP contribution in [0, 0.1) is 0 Å². The molecule has 0 atom stereocenters. The minimum atomic E-state index is 0.380. The van der Waals surface area contributed by atoms with Crippen molar-refractivity contribution in [1.82, 2.24) is 15.1 Å². The second-order valence-corrected chi connectivity index (χ2v) is 3.22. The van der Waals surface area contributed by atoms with Crippen molar-refractivity contribution < 1.29 is 9.26 Å². The van der Waals surface area contributed by atoms with Crippen LogP contribution < -0.4 is 15.8 Å². The Bertz CT molecular complexity index is 472. The summed E-state index contributed by atoms with van der Waals surface area (Å²) in [6, 6.07) is 1.76. The molecule has 17 heavy (non-hydrogen) atoms. The first-order valence-corrected chi connectivity index (χ1v) is 5.17. The van der Waals surface area contributed by atoms with E-state index in [1.54, 1.807) is 6.07 Å². The molecule has 0 amide bonds. The maximum atomic E-state index is 5.85. The Labute approximate surface area is 98.0 Å². The van der Waals surface area contributed by atoms with Crippen LogP contribution in [0.4, 0.5) is 11.5 Å². The van der Waals surface area contributed by atoms with Crippen molar-refractivity contribution in [2.24, 2.45) is 0 Å². The largest absolute Gasteiger partial charge is 0.476 e. The number of nitrogen functional groups attached to an aromatic ring is 1. The maximum absolute atomic E-state index is 5.85. The van der Waals surface area contributed by atoms with E-state index in [4.69, 9.17) is 15.0 Å². The number of aromatic nitrogens is 3. The molecule has 7 nitrogen and oxygen atoms in total. The van der Waals surface area contributed by atoms with Crippen molar-refractivity contribution in [2.75, 3.05) is 17.7 Å². The van der Waals surface area contributed by atoms with Gasteiger partial charge in [-0.1, -0.05) is 5.16 Å². The van der Waals surface area contributed by atoms with Gasteiger partial charge in [0.1, 0.15) is 24.0 Å². The zero-order chi connectivity index (χ0) is 12.1. The third kappa shape index (κ3) is 2.63. The van der Waals surface area contributed by atoms with E-state index in [1.165, 1.54) is 12.6 Å². The molecule has 0 unspecified atom stereocenters. The van der Waals surface area contributed by atoms with Gasteiger partial charge in [0.2, 0.25) is 5.88 Å². The Morgan fingerprint density at radius 1 is 1.47 bits per heavy atom. The Kier molecular flexibility index (Phi) is 3.39. The highest BCUT2D eigenvalue weighted by Crippen LogP contribution is 2.24. The summed E-state index contributed by atoms with van der Waals surface area (Å²) < 4.78 is 9.98. The van der Waals surface area contributed by atoms with Crippen LogP contribution in [0.3, 0.4) is 0 Å². The van der Waals surface area contributed by atoms with Crippen LogP contribution in [0.1, 0.15) is 12.6 Å². The first-order chi connectivity index (χ1) is 8.31. The lowest BCUT2D eigenvalue weighted by Gasteiger charge is -2.09. The lowest BCUT2D eigenvalue weighted by molar-refractivity contribution is 0.328. The van der Waals surface area contributed by atoms with Gasteiger partial charge in [-0.3, -0.25) is 0 Å². The standard InChI is InChI=1S/C10H13N5O2/c1-2-16-10-8(11)9(13-6-14-10)12-5-7-3-4-17-15-7/h3-4,6H,2,5,11H2,1H3,(H,12,13,14). The van der Waals surface area contributed by atoms with E-state index in [0.29, 0.717) is 30.5 Å². The SMILES string of the molecule is CCOc1ncnc(NCc2ccon2)c1N. The third-order valence-electron chi connectivity index (χ3n) is 2.06. The summed E-state index contributed by atoms with van der Waals surface area (Å²) in [7, 11) is 0. The van der Waals surface area contributed by atoms with Crippen molar-refractivity contribution in [3.8, 4) is 5.88 Å². The van der Waals surface area contributed by atoms with Crippen molar-refractivity contribution >= 4 is 11.5 Å². The zero-order valence-corrected chi connectivity index (χ0v) is 9.38. The maximum Gasteiger partial charge on any atom is 0.242 e. The number of rotatable bonds is 5. The van der Waals surface area contributed by atoms with Gasteiger partial charge in [0, 0.05) is 6.07 Å². The first kappa shape index (κ1) is 11.2. The van der Waals surface area contributed by atoms with Crippen LogP contribution in [0.2, 0.25) is 0 Å². The van der Waals surface area contributed by atoms with Crippen LogP contribution in [0.5, 0.6) is 5.88 Å². The van der Waals surface area contributed by atoms with Gasteiger partial charge in [-0.15, -0.1) is 0 Å². The molecule has 0 fully saturated rings. The van der Waals surface area contributed by atoms with Gasteiger partial charge in [0.15, 0.2) is 5.82 Å². The third-order valence-corrected chi connectivity index (χ3v) is 2.06. The van der Waals surface area contributed by atoms with Gasteiger partial charge in [-0.2, -0.15) is 4.98 Å². The number of hydrogen-bond acceptors (Lipinski definition) is 7. The topological polar surface area (TPSA) is 99.1 Å². The summed E-state index contributed by atoms with van der Waals surface area (Å²) in [6.07, 6.45) is 2.90. The Morgan fingerprint density at radius 2 is 2.35 bits per heavy atom. The fraction of sp³-hybridized carbons (Fsp3) is 0.300. The molecule has 3 N–H and O–H groups in total. The molecule has 0 aliphatic rings. The summed E-state index contributed by atoms with van der Waals surface area (Å²) in [5, 5.41) is 6.80. The van der Waals surface area contributed by atoms with Crippen LogP contribution in [-0.2, 0) is 6.54 Å². The molecule has 2 rings (SSSR count). The Balaban J connectivity index is 2.07. The van der Waals surface area contributed by atoms with E-state index in [1.807, 2.05) is 6.92 Å². The van der Waals surface area contributed by atoms with Gasteiger partial charge in [0.25, 0.3) is 0 Å². The van der Waals surface area contributed by atoms with E-state index in [0.717, 1.165) is 5.69 Å². The lowest BCUT2D eigenvalue weighted by Crippen LogP contribution is -2.08. The van der Waals surface area contributed by atoms with Crippen LogP contribution in [0.25, 0.3) is 0 Å². The zero-order valence-electron chi connectivity index (χ0n) is 9.38. The molecular formula is C10H13N5O2. The number of anilines is 2. The summed E-state index contributed by atoms with van der Waals surface area (Å²) in [5.41, 5.74) is 7.00. The predicted octanol–water partition coefficient (Wildman–Crippen LogP) is 1.06. The van der Waals surface area contributed by atoms with Gasteiger partial charge in [-0.05, 0) is 6.92 Å². The van der Waals surface area contributed by atoms with E-state index >= 15 is 0 Å². The van der Waals surface area contributed by atoms with Crippen molar-refractivity contribution in [3.05, 3.63) is 24.4 Å². The number of nitrogens with two attached hydrogens (primary N) is 1. The Morgan fingerprint density at radius 3 is 3.06 bits per heavy atom. The average molecular weight is 235 g/mol. The van der Waals surface area contributed by atoms with Gasteiger partial charge in [0.05, 0.1) is 13.2 Å². The second-order valence-electron chi connectivity index (χ2n) is 3.22. The van der Waals surface area contributed by atoms with Crippen LogP contribution in [-0.4, -0.2) is 21.7 Å². The molecule has 0 spiro atoms. The highest BCUT2D eigenvalue weighted by molar-refractivity contribution is 5.66. The number of hydrogen-bond donors (Lipinski definition) is 2. The minimum absolute atomic E-state index is 0.380. The predicted molar refractivity (Wildman–Crippen MR) is 61.4 cm³/mol. The molecule has 0 aliphatic heterocycles. The smallest absolute Gasteiger partial charge is 0.242 e. The van der Waals surface area contributed by atoms with Crippen LogP contribution in [0.15, 0.2) is 23.2 Å². The van der Waals surface area contributed by atoms with Gasteiger partial charge >= 0.3 is 0 Å². The van der Waals surface area contributed by atoms with Crippen molar-refractivity contribution in [3.63, 3.8) is 0 Å². The molecule has 2 aromatic heterocycles. The molecule has 0 bridgehead atoms. The van der Waals surface area contributed by atoms with Gasteiger partial charge in [-0.25, -0.2) is 4.98 Å². The summed E-state index contributed by atoms with van der Waals surface area (Å²) in [5.74, 6) is 0.900. The second kappa shape index (κ2) is 5.15. The average Bonchev–Trinajstić information content (AvgIpc) is 2.83. The minimum Gasteiger partial charge on any atom is -0.476 e. The fourth-order valence-electron chi connectivity index (χ4n) is 1.28. The van der Waals surface area contributed by atoms with Crippen molar-refractivity contribution in [2.45, 2.75) is 13.5 Å². The molecule has 0 saturated carbocycles. The van der Waals surface area contributed by atoms with E-state index in [-0.39, 0.29) is 0 Å². The first-order valence-electron chi connectivity index (χ1n) is 5.17. The molecular weight excluding hydrogens is 222 g/mol. The molecule has 7 heteroatoms. The number of nitrogens with one attached hydrogen (secondary N) is 1. The normalized spacial score (nSPS) is 10.2. The molecule has 0 aromatic carbocycles. The highest BCUT2D eigenvalue weighted by Gasteiger charge is 2.08. The molecule has 90 valence electrons. The molecule has 2 heterocycles. The van der Waals surface area contributed by atoms with E-state index in [9.17, 15) is 0 Å².